The Balaban J connectivity index is 1.18. The van der Waals surface area contributed by atoms with Gasteiger partial charge < -0.3 is 10.1 Å². The SMILES string of the molecule is COc1nc(-c2cccc(-c3cccc(NC(=O)c4ccnn(C)c4=O)c3C)c2Cl)cc2c1C(N1CC(c3nnn[nH]3)C1)CC2. The summed E-state index contributed by atoms with van der Waals surface area (Å²) in [6, 6.07) is 15.2. The minimum absolute atomic E-state index is 0.0113. The Kier molecular flexibility index (Phi) is 7.38. The number of methoxy groups -OCH3 is 1. The number of H-pyrrole nitrogens is 1. The topological polar surface area (TPSA) is 144 Å². The number of rotatable bonds is 7. The Bertz CT molecular complexity index is 1990. The molecule has 1 aliphatic carbocycles. The molecule has 4 heterocycles. The van der Waals surface area contributed by atoms with Gasteiger partial charge in [-0.2, -0.15) is 5.10 Å². The van der Waals surface area contributed by atoms with E-state index in [1.807, 2.05) is 37.3 Å². The number of aromatic nitrogens is 7. The molecule has 2 aromatic carbocycles. The molecule has 1 fully saturated rings. The number of pyridine rings is 1. The summed E-state index contributed by atoms with van der Waals surface area (Å²) in [6.45, 7) is 3.66. The Morgan fingerprint density at radius 2 is 1.89 bits per heavy atom. The van der Waals surface area contributed by atoms with Crippen molar-refractivity contribution in [2.75, 3.05) is 25.5 Å². The summed E-state index contributed by atoms with van der Waals surface area (Å²) in [5, 5.41) is 21.7. The maximum atomic E-state index is 13.0. The Morgan fingerprint density at radius 3 is 2.67 bits per heavy atom. The number of aryl methyl sites for hydroxylation is 2. The first kappa shape index (κ1) is 28.8. The van der Waals surface area contributed by atoms with Crippen LogP contribution >= 0.6 is 11.6 Å². The van der Waals surface area contributed by atoms with E-state index in [4.69, 9.17) is 21.3 Å². The predicted molar refractivity (Wildman–Crippen MR) is 168 cm³/mol. The summed E-state index contributed by atoms with van der Waals surface area (Å²) in [5.41, 5.74) is 6.44. The number of carbonyl (C=O) groups is 1. The van der Waals surface area contributed by atoms with Crippen molar-refractivity contribution in [2.24, 2.45) is 7.05 Å². The van der Waals surface area contributed by atoms with Gasteiger partial charge in [-0.25, -0.2) is 14.8 Å². The van der Waals surface area contributed by atoms with Crippen LogP contribution in [-0.2, 0) is 13.5 Å². The highest BCUT2D eigenvalue weighted by Gasteiger charge is 2.40. The lowest BCUT2D eigenvalue weighted by Gasteiger charge is -2.42. The summed E-state index contributed by atoms with van der Waals surface area (Å²) in [5.74, 6) is 1.22. The third-order valence-electron chi connectivity index (χ3n) is 8.82. The van der Waals surface area contributed by atoms with Crippen LogP contribution in [0, 0.1) is 6.92 Å². The van der Waals surface area contributed by atoms with E-state index in [0.29, 0.717) is 22.5 Å². The number of hydrogen-bond donors (Lipinski definition) is 2. The van der Waals surface area contributed by atoms with E-state index >= 15 is 0 Å². The summed E-state index contributed by atoms with van der Waals surface area (Å²) >= 11 is 7.12. The third kappa shape index (κ3) is 5.05. The summed E-state index contributed by atoms with van der Waals surface area (Å²) in [6.07, 6.45) is 3.32. The van der Waals surface area contributed by atoms with Crippen molar-refractivity contribution in [1.82, 2.24) is 40.3 Å². The fraction of sp³-hybridized carbons (Fsp3) is 0.281. The second-order valence-corrected chi connectivity index (χ2v) is 11.7. The number of likely N-dealkylation sites (tertiary alicyclic amines) is 1. The minimum Gasteiger partial charge on any atom is -0.481 e. The Morgan fingerprint density at radius 1 is 1.11 bits per heavy atom. The van der Waals surface area contributed by atoms with E-state index in [1.165, 1.54) is 24.9 Å². The van der Waals surface area contributed by atoms with Crippen molar-refractivity contribution in [2.45, 2.75) is 31.7 Å². The second-order valence-electron chi connectivity index (χ2n) is 11.4. The van der Waals surface area contributed by atoms with E-state index in [1.54, 1.807) is 13.2 Å². The average Bonchev–Trinajstić information content (AvgIpc) is 3.70. The smallest absolute Gasteiger partial charge is 0.279 e. The number of halogens is 1. The van der Waals surface area contributed by atoms with Crippen LogP contribution < -0.4 is 15.6 Å². The van der Waals surface area contributed by atoms with Crippen LogP contribution in [-0.4, -0.2) is 66.4 Å². The van der Waals surface area contributed by atoms with Crippen molar-refractivity contribution in [3.05, 3.63) is 98.2 Å². The first-order chi connectivity index (χ1) is 21.8. The van der Waals surface area contributed by atoms with E-state index in [9.17, 15) is 9.59 Å². The van der Waals surface area contributed by atoms with Crippen LogP contribution in [0.5, 0.6) is 5.88 Å². The molecule has 2 N–H and O–H groups in total. The molecule has 1 atom stereocenters. The first-order valence-electron chi connectivity index (χ1n) is 14.6. The van der Waals surface area contributed by atoms with Crippen LogP contribution in [0.15, 0.2) is 59.5 Å². The molecule has 0 saturated carbocycles. The molecule has 45 heavy (non-hydrogen) atoms. The Labute approximate surface area is 263 Å². The zero-order valence-electron chi connectivity index (χ0n) is 24.9. The van der Waals surface area contributed by atoms with Gasteiger partial charge in [-0.15, -0.1) is 5.10 Å². The largest absolute Gasteiger partial charge is 0.481 e. The molecule has 3 aromatic heterocycles. The van der Waals surface area contributed by atoms with Crippen molar-refractivity contribution in [3.63, 3.8) is 0 Å². The number of hydrogen-bond acceptors (Lipinski definition) is 9. The van der Waals surface area contributed by atoms with Gasteiger partial charge in [0.1, 0.15) is 5.56 Å². The molecule has 228 valence electrons. The molecule has 0 spiro atoms. The first-order valence-corrected chi connectivity index (χ1v) is 15.0. The van der Waals surface area contributed by atoms with Gasteiger partial charge >= 0.3 is 0 Å². The number of fused-ring (bicyclic) bond motifs is 1. The Hall–Kier alpha value is -4.94. The van der Waals surface area contributed by atoms with E-state index in [0.717, 1.165) is 69.9 Å². The maximum Gasteiger partial charge on any atom is 0.279 e. The quantitative estimate of drug-likeness (QED) is 0.271. The molecule has 13 heteroatoms. The highest BCUT2D eigenvalue weighted by molar-refractivity contribution is 6.36. The monoisotopic (exact) mass is 623 g/mol. The van der Waals surface area contributed by atoms with E-state index < -0.39 is 11.5 Å². The number of carbonyl (C=O) groups excluding carboxylic acids is 1. The van der Waals surface area contributed by atoms with Gasteiger partial charge in [0.05, 0.1) is 17.8 Å². The number of anilines is 1. The van der Waals surface area contributed by atoms with Gasteiger partial charge in [0, 0.05) is 60.7 Å². The van der Waals surface area contributed by atoms with Gasteiger partial charge in [0.25, 0.3) is 11.5 Å². The standard InChI is InChI=1S/C32H30ClN9O3/c1-17-20(6-5-9-24(17)35-30(43)23-12-13-34-41(2)32(23)44)21-7-4-8-22(28(21)33)25-14-18-10-11-26(27(18)31(36-25)45-3)42-15-19(16-42)29-37-39-40-38-29/h4-9,12-14,19,26H,10-11,15-16H2,1-3H3,(H,35,43)(H,37,38,39,40). The minimum atomic E-state index is -0.505. The molecule has 12 nitrogen and oxygen atoms in total. The third-order valence-corrected chi connectivity index (χ3v) is 9.23. The van der Waals surface area contributed by atoms with Crippen molar-refractivity contribution in [1.29, 1.82) is 0 Å². The molecule has 1 amide bonds. The van der Waals surface area contributed by atoms with Crippen LogP contribution in [0.3, 0.4) is 0 Å². The zero-order valence-corrected chi connectivity index (χ0v) is 25.7. The number of ether oxygens (including phenoxy) is 1. The van der Waals surface area contributed by atoms with E-state index in [2.05, 4.69) is 42.0 Å². The lowest BCUT2D eigenvalue weighted by molar-refractivity contribution is 0.0860. The summed E-state index contributed by atoms with van der Waals surface area (Å²) in [7, 11) is 3.16. The highest BCUT2D eigenvalue weighted by atomic mass is 35.5. The normalized spacial score (nSPS) is 16.3. The number of aromatic amines is 1. The van der Waals surface area contributed by atoms with Gasteiger partial charge in [-0.3, -0.25) is 14.5 Å². The molecule has 1 saturated heterocycles. The lowest BCUT2D eigenvalue weighted by Crippen LogP contribution is -2.46. The molecular weight excluding hydrogens is 594 g/mol. The van der Waals surface area contributed by atoms with Crippen LogP contribution in [0.25, 0.3) is 22.4 Å². The van der Waals surface area contributed by atoms with Crippen LogP contribution in [0.1, 0.15) is 51.3 Å². The van der Waals surface area contributed by atoms with Gasteiger partial charge in [0.15, 0.2) is 5.82 Å². The van der Waals surface area contributed by atoms with Crippen LogP contribution in [0.4, 0.5) is 5.69 Å². The van der Waals surface area contributed by atoms with Crippen molar-refractivity contribution >= 4 is 23.2 Å². The molecule has 2 aliphatic rings. The number of benzene rings is 2. The molecule has 1 unspecified atom stereocenters. The van der Waals surface area contributed by atoms with Crippen molar-refractivity contribution < 1.29 is 9.53 Å². The van der Waals surface area contributed by atoms with Gasteiger partial charge in [-0.1, -0.05) is 41.9 Å². The van der Waals surface area contributed by atoms with Gasteiger partial charge in [0.2, 0.25) is 5.88 Å². The number of nitrogens with one attached hydrogen (secondary N) is 2. The summed E-state index contributed by atoms with van der Waals surface area (Å²) in [4.78, 5) is 32.8. The van der Waals surface area contributed by atoms with E-state index in [-0.39, 0.29) is 11.6 Å². The maximum absolute atomic E-state index is 13.0. The molecule has 7 rings (SSSR count). The fourth-order valence-corrected chi connectivity index (χ4v) is 6.71. The number of tetrazole rings is 1. The van der Waals surface area contributed by atoms with Crippen molar-refractivity contribution in [3.8, 4) is 28.3 Å². The summed E-state index contributed by atoms with van der Waals surface area (Å²) < 4.78 is 6.99. The molecule has 0 bridgehead atoms. The zero-order chi connectivity index (χ0) is 31.2. The molecule has 5 aromatic rings. The molecular formula is C32H30ClN9O3. The number of nitrogens with zero attached hydrogens (tertiary/aromatic N) is 7. The average molecular weight is 624 g/mol. The molecule has 1 aliphatic heterocycles. The van der Waals surface area contributed by atoms with Crippen LogP contribution in [0.2, 0.25) is 5.02 Å². The predicted octanol–water partition coefficient (Wildman–Crippen LogP) is 4.33. The lowest BCUT2D eigenvalue weighted by atomic mass is 9.94. The highest BCUT2D eigenvalue weighted by Crippen LogP contribution is 2.47. The number of amides is 1. The second kappa shape index (κ2) is 11.5. The molecule has 0 radical (unpaired) electrons. The van der Waals surface area contributed by atoms with Gasteiger partial charge in [-0.05, 0) is 65.1 Å². The fourth-order valence-electron chi connectivity index (χ4n) is 6.39.